The smallest absolute Gasteiger partial charge is 0.410 e. The number of benzene rings is 1. The molecule has 1 fully saturated rings. The van der Waals surface area contributed by atoms with E-state index in [1.165, 1.54) is 0 Å². The van der Waals surface area contributed by atoms with Crippen molar-refractivity contribution in [1.29, 1.82) is 0 Å². The molecule has 0 aliphatic carbocycles. The Balaban J connectivity index is 1.69. The Kier molecular flexibility index (Phi) is 5.88. The third-order valence-electron chi connectivity index (χ3n) is 3.97. The highest BCUT2D eigenvalue weighted by molar-refractivity contribution is 5.68. The number of nitrogens with zero attached hydrogens (tertiary/aromatic N) is 1. The van der Waals surface area contributed by atoms with Gasteiger partial charge in [-0.2, -0.15) is 0 Å². The van der Waals surface area contributed by atoms with Crippen LogP contribution >= 0.6 is 0 Å². The Bertz CT molecular complexity index is 517. The Hall–Kier alpha value is -1.75. The van der Waals surface area contributed by atoms with Gasteiger partial charge in [-0.3, -0.25) is 0 Å². The van der Waals surface area contributed by atoms with E-state index in [2.05, 4.69) is 5.32 Å². The quantitative estimate of drug-likeness (QED) is 0.895. The van der Waals surface area contributed by atoms with Crippen molar-refractivity contribution in [3.05, 3.63) is 29.8 Å². The predicted molar refractivity (Wildman–Crippen MR) is 90.6 cm³/mol. The van der Waals surface area contributed by atoms with Gasteiger partial charge >= 0.3 is 6.09 Å². The molecular weight excluding hydrogens is 292 g/mol. The van der Waals surface area contributed by atoms with Crippen molar-refractivity contribution in [2.75, 3.05) is 19.6 Å². The van der Waals surface area contributed by atoms with Crippen molar-refractivity contribution in [3.8, 4) is 5.75 Å². The number of carbonyl (C=O) groups is 1. The first-order chi connectivity index (χ1) is 10.8. The summed E-state index contributed by atoms with van der Waals surface area (Å²) in [7, 11) is 0. The molecule has 0 aromatic heterocycles. The molecule has 1 aromatic carbocycles. The number of phenols is 1. The summed E-state index contributed by atoms with van der Waals surface area (Å²) in [6.45, 7) is 7.94. The lowest BCUT2D eigenvalue weighted by Gasteiger charge is -2.33. The van der Waals surface area contributed by atoms with E-state index in [0.29, 0.717) is 11.8 Å². The number of carbonyl (C=O) groups excluding carboxylic acids is 1. The van der Waals surface area contributed by atoms with Crippen molar-refractivity contribution in [1.82, 2.24) is 10.2 Å². The molecule has 0 unspecified atom stereocenters. The molecule has 1 aliphatic heterocycles. The molecule has 0 atom stereocenters. The number of ether oxygens (including phenoxy) is 1. The summed E-state index contributed by atoms with van der Waals surface area (Å²) in [6.07, 6.45) is 2.45. The van der Waals surface area contributed by atoms with Crippen molar-refractivity contribution < 1.29 is 14.6 Å². The number of amides is 1. The second-order valence-electron chi connectivity index (χ2n) is 7.07. The van der Waals surface area contributed by atoms with E-state index in [1.807, 2.05) is 39.0 Å². The van der Waals surface area contributed by atoms with Crippen LogP contribution in [0.4, 0.5) is 4.79 Å². The molecule has 1 amide bonds. The van der Waals surface area contributed by atoms with Crippen LogP contribution in [0.5, 0.6) is 5.75 Å². The molecule has 1 saturated heterocycles. The van der Waals surface area contributed by atoms with Gasteiger partial charge in [0.05, 0.1) is 0 Å². The summed E-state index contributed by atoms with van der Waals surface area (Å²) in [5, 5.41) is 13.3. The zero-order chi connectivity index (χ0) is 16.9. The van der Waals surface area contributed by atoms with Gasteiger partial charge in [0.25, 0.3) is 0 Å². The molecular formula is C18H28N2O3. The van der Waals surface area contributed by atoms with E-state index in [9.17, 15) is 9.90 Å². The molecule has 1 aromatic rings. The number of piperidine rings is 1. The SMILES string of the molecule is CC(C)(C)OC(=O)N1CCC(NCCc2ccccc2O)CC1. The number of phenolic OH excluding ortho intramolecular Hbond substituents is 1. The maximum Gasteiger partial charge on any atom is 0.410 e. The molecule has 0 radical (unpaired) electrons. The lowest BCUT2D eigenvalue weighted by molar-refractivity contribution is 0.0198. The van der Waals surface area contributed by atoms with Crippen molar-refractivity contribution in [2.45, 2.75) is 51.7 Å². The molecule has 2 rings (SSSR count). The molecule has 5 nitrogen and oxygen atoms in total. The highest BCUT2D eigenvalue weighted by Crippen LogP contribution is 2.17. The molecule has 1 heterocycles. The predicted octanol–water partition coefficient (Wildman–Crippen LogP) is 2.92. The monoisotopic (exact) mass is 320 g/mol. The fourth-order valence-electron chi connectivity index (χ4n) is 2.73. The first kappa shape index (κ1) is 17.6. The van der Waals surface area contributed by atoms with Crippen LogP contribution in [-0.2, 0) is 11.2 Å². The Morgan fingerprint density at radius 1 is 1.30 bits per heavy atom. The summed E-state index contributed by atoms with van der Waals surface area (Å²) in [6, 6.07) is 7.85. The number of aromatic hydroxyl groups is 1. The molecule has 0 bridgehead atoms. The van der Waals surface area contributed by atoms with Gasteiger partial charge in [0.2, 0.25) is 0 Å². The molecule has 0 saturated carbocycles. The Morgan fingerprint density at radius 2 is 1.96 bits per heavy atom. The van der Waals surface area contributed by atoms with Crippen LogP contribution in [0.2, 0.25) is 0 Å². The molecule has 1 aliphatic rings. The number of nitrogens with one attached hydrogen (secondary N) is 1. The van der Waals surface area contributed by atoms with E-state index in [0.717, 1.165) is 44.5 Å². The second-order valence-corrected chi connectivity index (χ2v) is 7.07. The minimum absolute atomic E-state index is 0.217. The zero-order valence-corrected chi connectivity index (χ0v) is 14.3. The van der Waals surface area contributed by atoms with Crippen LogP contribution in [0.25, 0.3) is 0 Å². The number of rotatable bonds is 4. The van der Waals surface area contributed by atoms with Gasteiger partial charge in [-0.25, -0.2) is 4.79 Å². The average molecular weight is 320 g/mol. The minimum atomic E-state index is -0.441. The molecule has 5 heteroatoms. The van der Waals surface area contributed by atoms with Gasteiger partial charge in [-0.15, -0.1) is 0 Å². The minimum Gasteiger partial charge on any atom is -0.508 e. The standard InChI is InChI=1S/C18H28N2O3/c1-18(2,3)23-17(22)20-12-9-15(10-13-20)19-11-8-14-6-4-5-7-16(14)21/h4-7,15,19,21H,8-13H2,1-3H3. The van der Waals surface area contributed by atoms with E-state index in [1.54, 1.807) is 11.0 Å². The third-order valence-corrected chi connectivity index (χ3v) is 3.97. The second kappa shape index (κ2) is 7.68. The number of hydrogen-bond donors (Lipinski definition) is 2. The number of para-hydroxylation sites is 1. The zero-order valence-electron chi connectivity index (χ0n) is 14.3. The van der Waals surface area contributed by atoms with Gasteiger partial charge in [0.15, 0.2) is 0 Å². The molecule has 128 valence electrons. The maximum atomic E-state index is 12.0. The highest BCUT2D eigenvalue weighted by atomic mass is 16.6. The summed E-state index contributed by atoms with van der Waals surface area (Å²) in [5.74, 6) is 0.356. The molecule has 23 heavy (non-hydrogen) atoms. The first-order valence-corrected chi connectivity index (χ1v) is 8.33. The first-order valence-electron chi connectivity index (χ1n) is 8.33. The fourth-order valence-corrected chi connectivity index (χ4v) is 2.73. The van der Waals surface area contributed by atoms with Crippen LogP contribution in [0.15, 0.2) is 24.3 Å². The summed E-state index contributed by atoms with van der Waals surface area (Å²) in [5.41, 5.74) is 0.523. The summed E-state index contributed by atoms with van der Waals surface area (Å²) >= 11 is 0. The maximum absolute atomic E-state index is 12.0. The topological polar surface area (TPSA) is 61.8 Å². The van der Waals surface area contributed by atoms with E-state index < -0.39 is 5.60 Å². The van der Waals surface area contributed by atoms with Crippen molar-refractivity contribution in [2.24, 2.45) is 0 Å². The fraction of sp³-hybridized carbons (Fsp3) is 0.611. The van der Waals surface area contributed by atoms with Crippen LogP contribution in [-0.4, -0.2) is 47.4 Å². The van der Waals surface area contributed by atoms with Gasteiger partial charge in [0.1, 0.15) is 11.4 Å². The summed E-state index contributed by atoms with van der Waals surface area (Å²) in [4.78, 5) is 13.8. The molecule has 2 N–H and O–H groups in total. The number of likely N-dealkylation sites (tertiary alicyclic amines) is 1. The Morgan fingerprint density at radius 3 is 2.57 bits per heavy atom. The molecule has 0 spiro atoms. The normalized spacial score (nSPS) is 16.4. The van der Waals surface area contributed by atoms with E-state index >= 15 is 0 Å². The summed E-state index contributed by atoms with van der Waals surface area (Å²) < 4.78 is 5.40. The van der Waals surface area contributed by atoms with E-state index in [4.69, 9.17) is 4.74 Å². The van der Waals surface area contributed by atoms with Gasteiger partial charge in [0, 0.05) is 19.1 Å². The lowest BCUT2D eigenvalue weighted by atomic mass is 10.0. The van der Waals surface area contributed by atoms with Gasteiger partial charge < -0.3 is 20.1 Å². The van der Waals surface area contributed by atoms with Crippen LogP contribution in [0, 0.1) is 0 Å². The highest BCUT2D eigenvalue weighted by Gasteiger charge is 2.26. The van der Waals surface area contributed by atoms with E-state index in [-0.39, 0.29) is 6.09 Å². The van der Waals surface area contributed by atoms with Crippen LogP contribution < -0.4 is 5.32 Å². The largest absolute Gasteiger partial charge is 0.508 e. The third kappa shape index (κ3) is 5.75. The van der Waals surface area contributed by atoms with Crippen LogP contribution in [0.1, 0.15) is 39.2 Å². The Labute approximate surface area is 138 Å². The lowest BCUT2D eigenvalue weighted by Crippen LogP contribution is -2.46. The number of hydrogen-bond acceptors (Lipinski definition) is 4. The van der Waals surface area contributed by atoms with Crippen molar-refractivity contribution >= 4 is 6.09 Å². The van der Waals surface area contributed by atoms with Crippen LogP contribution in [0.3, 0.4) is 0 Å². The average Bonchev–Trinajstić information content (AvgIpc) is 2.48. The van der Waals surface area contributed by atoms with Gasteiger partial charge in [-0.05, 0) is 58.2 Å². The van der Waals surface area contributed by atoms with Gasteiger partial charge in [-0.1, -0.05) is 18.2 Å². The van der Waals surface area contributed by atoms with Crippen molar-refractivity contribution in [3.63, 3.8) is 0 Å².